The maximum atomic E-state index is 10.7. The summed E-state index contributed by atoms with van der Waals surface area (Å²) in [5.41, 5.74) is 6.63. The highest BCUT2D eigenvalue weighted by molar-refractivity contribution is 7.07. The molecule has 0 radical (unpaired) electrons. The minimum absolute atomic E-state index is 0.0314. The molecule has 0 aliphatic heterocycles. The molecule has 0 saturated carbocycles. The highest BCUT2D eigenvalue weighted by atomic mass is 32.1. The number of H-pyrrole nitrogens is 1. The van der Waals surface area contributed by atoms with Crippen LogP contribution in [0.25, 0.3) is 0 Å². The van der Waals surface area contributed by atoms with Gasteiger partial charge in [-0.2, -0.15) is 0 Å². The van der Waals surface area contributed by atoms with E-state index in [0.29, 0.717) is 5.92 Å². The average Bonchev–Trinajstić information content (AvgIpc) is 2.34. The summed E-state index contributed by atoms with van der Waals surface area (Å²) in [6.45, 7) is 4.06. The highest BCUT2D eigenvalue weighted by Crippen LogP contribution is 2.15. The van der Waals surface area contributed by atoms with Crippen LogP contribution in [0, 0.1) is 5.92 Å². The number of nitrogens with one attached hydrogen (secondary N) is 1. The maximum absolute atomic E-state index is 10.7. The summed E-state index contributed by atoms with van der Waals surface area (Å²) in [5.74, 6) is 0.361. The number of hydrogen-bond donors (Lipinski definition) is 2. The van der Waals surface area contributed by atoms with Crippen molar-refractivity contribution in [2.45, 2.75) is 19.9 Å². The van der Waals surface area contributed by atoms with E-state index in [2.05, 4.69) is 4.98 Å². The Bertz CT molecular complexity index is 276. The van der Waals surface area contributed by atoms with Crippen LogP contribution in [0.3, 0.4) is 0 Å². The van der Waals surface area contributed by atoms with Crippen molar-refractivity contribution in [2.75, 3.05) is 0 Å². The second-order valence-corrected chi connectivity index (χ2v) is 3.72. The Morgan fingerprint density at radius 1 is 1.64 bits per heavy atom. The van der Waals surface area contributed by atoms with E-state index in [9.17, 15) is 4.79 Å². The van der Waals surface area contributed by atoms with Crippen LogP contribution in [0.4, 0.5) is 0 Å². The van der Waals surface area contributed by atoms with Gasteiger partial charge in [0.25, 0.3) is 0 Å². The van der Waals surface area contributed by atoms with Gasteiger partial charge < -0.3 is 10.7 Å². The highest BCUT2D eigenvalue weighted by Gasteiger charge is 2.11. The number of aromatic nitrogens is 1. The summed E-state index contributed by atoms with van der Waals surface area (Å²) in [6.07, 6.45) is 0. The van der Waals surface area contributed by atoms with Crippen molar-refractivity contribution in [1.82, 2.24) is 4.98 Å². The molecule has 0 amide bonds. The van der Waals surface area contributed by atoms with Gasteiger partial charge >= 0.3 is 4.87 Å². The maximum Gasteiger partial charge on any atom is 0.304 e. The summed E-state index contributed by atoms with van der Waals surface area (Å²) < 4.78 is 0. The fourth-order valence-electron chi connectivity index (χ4n) is 0.815. The first kappa shape index (κ1) is 8.49. The molecular weight excluding hydrogens is 160 g/mol. The third-order valence-electron chi connectivity index (χ3n) is 1.62. The third-order valence-corrected chi connectivity index (χ3v) is 2.30. The van der Waals surface area contributed by atoms with Gasteiger partial charge in [0.1, 0.15) is 0 Å². The summed E-state index contributed by atoms with van der Waals surface area (Å²) in [6, 6.07) is -0.0473. The Kier molecular flexibility index (Phi) is 2.46. The van der Waals surface area contributed by atoms with Crippen LogP contribution < -0.4 is 10.6 Å². The quantitative estimate of drug-likeness (QED) is 0.701. The molecule has 1 heterocycles. The van der Waals surface area contributed by atoms with Gasteiger partial charge in [0.05, 0.1) is 0 Å². The molecule has 0 bridgehead atoms. The molecule has 0 fully saturated rings. The first-order valence-electron chi connectivity index (χ1n) is 3.54. The molecule has 1 aromatic heterocycles. The number of hydrogen-bond acceptors (Lipinski definition) is 3. The van der Waals surface area contributed by atoms with E-state index in [1.54, 1.807) is 5.38 Å². The zero-order valence-electron chi connectivity index (χ0n) is 6.63. The number of thiazole rings is 1. The molecule has 0 aromatic carbocycles. The van der Waals surface area contributed by atoms with Crippen molar-refractivity contribution in [2.24, 2.45) is 11.7 Å². The Morgan fingerprint density at radius 3 is 2.64 bits per heavy atom. The second kappa shape index (κ2) is 3.19. The van der Waals surface area contributed by atoms with Crippen molar-refractivity contribution in [3.63, 3.8) is 0 Å². The Morgan fingerprint density at radius 2 is 2.27 bits per heavy atom. The first-order chi connectivity index (χ1) is 5.11. The monoisotopic (exact) mass is 172 g/mol. The molecule has 0 aliphatic rings. The van der Waals surface area contributed by atoms with Gasteiger partial charge in [0.15, 0.2) is 0 Å². The van der Waals surface area contributed by atoms with Crippen molar-refractivity contribution >= 4 is 11.3 Å². The van der Waals surface area contributed by atoms with Crippen molar-refractivity contribution < 1.29 is 0 Å². The molecule has 1 rings (SSSR count). The fourth-order valence-corrected chi connectivity index (χ4v) is 1.44. The summed E-state index contributed by atoms with van der Waals surface area (Å²) in [5, 5.41) is 1.78. The van der Waals surface area contributed by atoms with E-state index >= 15 is 0 Å². The molecule has 11 heavy (non-hydrogen) atoms. The van der Waals surface area contributed by atoms with Crippen LogP contribution in [0.5, 0.6) is 0 Å². The van der Waals surface area contributed by atoms with Gasteiger partial charge in [-0.3, -0.25) is 4.79 Å². The minimum atomic E-state index is -0.0473. The summed E-state index contributed by atoms with van der Waals surface area (Å²) in [7, 11) is 0. The van der Waals surface area contributed by atoms with Crippen LogP contribution in [0.1, 0.15) is 25.6 Å². The first-order valence-corrected chi connectivity index (χ1v) is 4.42. The molecule has 62 valence electrons. The lowest BCUT2D eigenvalue weighted by Crippen LogP contribution is -2.17. The predicted molar refractivity (Wildman–Crippen MR) is 46.7 cm³/mol. The second-order valence-electron chi connectivity index (χ2n) is 2.87. The van der Waals surface area contributed by atoms with E-state index in [-0.39, 0.29) is 10.9 Å². The lowest BCUT2D eigenvalue weighted by atomic mass is 10.0. The fraction of sp³-hybridized carbons (Fsp3) is 0.571. The van der Waals surface area contributed by atoms with Crippen LogP contribution in [-0.4, -0.2) is 4.98 Å². The molecule has 4 heteroatoms. The van der Waals surface area contributed by atoms with E-state index in [4.69, 9.17) is 5.73 Å². The Labute approximate surface area is 69.3 Å². The van der Waals surface area contributed by atoms with Crippen LogP contribution in [0.15, 0.2) is 10.2 Å². The predicted octanol–water partition coefficient (Wildman–Crippen LogP) is 1.09. The molecule has 1 atom stereocenters. The molecule has 0 saturated heterocycles. The number of nitrogens with two attached hydrogens (primary N) is 1. The normalized spacial score (nSPS) is 13.8. The Balaban J connectivity index is 2.84. The number of aromatic amines is 1. The van der Waals surface area contributed by atoms with Gasteiger partial charge in [-0.25, -0.2) is 0 Å². The van der Waals surface area contributed by atoms with Crippen molar-refractivity contribution in [3.05, 3.63) is 20.7 Å². The van der Waals surface area contributed by atoms with Crippen LogP contribution in [0.2, 0.25) is 0 Å². The van der Waals surface area contributed by atoms with Gasteiger partial charge in [0, 0.05) is 17.1 Å². The van der Waals surface area contributed by atoms with E-state index < -0.39 is 0 Å². The zero-order chi connectivity index (χ0) is 8.43. The minimum Gasteiger partial charge on any atom is -0.322 e. The lowest BCUT2D eigenvalue weighted by Gasteiger charge is -2.12. The van der Waals surface area contributed by atoms with Gasteiger partial charge in [0.2, 0.25) is 0 Å². The van der Waals surface area contributed by atoms with Gasteiger partial charge in [-0.1, -0.05) is 25.2 Å². The van der Waals surface area contributed by atoms with E-state index in [0.717, 1.165) is 17.0 Å². The third kappa shape index (κ3) is 1.91. The molecule has 0 spiro atoms. The van der Waals surface area contributed by atoms with Gasteiger partial charge in [-0.15, -0.1) is 0 Å². The molecular formula is C7H12N2OS. The van der Waals surface area contributed by atoms with Crippen LogP contribution >= 0.6 is 11.3 Å². The van der Waals surface area contributed by atoms with Crippen molar-refractivity contribution in [1.29, 1.82) is 0 Å². The topological polar surface area (TPSA) is 58.9 Å². The van der Waals surface area contributed by atoms with E-state index in [1.165, 1.54) is 0 Å². The van der Waals surface area contributed by atoms with Crippen LogP contribution in [-0.2, 0) is 0 Å². The lowest BCUT2D eigenvalue weighted by molar-refractivity contribution is 0.504. The molecule has 1 aromatic rings. The summed E-state index contributed by atoms with van der Waals surface area (Å²) >= 11 is 1.16. The molecule has 0 aliphatic carbocycles. The largest absolute Gasteiger partial charge is 0.322 e. The smallest absolute Gasteiger partial charge is 0.304 e. The van der Waals surface area contributed by atoms with E-state index in [1.807, 2.05) is 13.8 Å². The standard InChI is InChI=1S/C7H12N2OS/c1-4(2)6(8)5-3-11-7(10)9-5/h3-4,6H,8H2,1-2H3,(H,9,10). The SMILES string of the molecule is CC(C)C(N)c1csc(=O)[nH]1. The number of rotatable bonds is 2. The average molecular weight is 172 g/mol. The molecule has 3 N–H and O–H groups in total. The molecule has 1 unspecified atom stereocenters. The summed E-state index contributed by atoms with van der Waals surface area (Å²) in [4.78, 5) is 13.4. The molecule has 3 nitrogen and oxygen atoms in total. The zero-order valence-corrected chi connectivity index (χ0v) is 7.44. The van der Waals surface area contributed by atoms with Gasteiger partial charge in [-0.05, 0) is 5.92 Å². The van der Waals surface area contributed by atoms with Crippen molar-refractivity contribution in [3.8, 4) is 0 Å². The Hall–Kier alpha value is -0.610.